The number of fused-ring (bicyclic) bond motifs is 2. The maximum absolute atomic E-state index is 13.5. The van der Waals surface area contributed by atoms with Crippen LogP contribution in [-0.2, 0) is 17.1 Å². The van der Waals surface area contributed by atoms with Crippen LogP contribution < -0.4 is 25.0 Å². The molecule has 0 saturated heterocycles. The van der Waals surface area contributed by atoms with Crippen molar-refractivity contribution >= 4 is 46.5 Å². The Hall–Kier alpha value is -3.46. The van der Waals surface area contributed by atoms with Crippen molar-refractivity contribution in [2.75, 3.05) is 17.0 Å². The highest BCUT2D eigenvalue weighted by atomic mass is 35.5. The minimum absolute atomic E-state index is 0.0801. The van der Waals surface area contributed by atoms with Gasteiger partial charge < -0.3 is 25.2 Å². The van der Waals surface area contributed by atoms with Crippen LogP contribution in [0.3, 0.4) is 0 Å². The van der Waals surface area contributed by atoms with Crippen molar-refractivity contribution in [2.45, 2.75) is 12.3 Å². The lowest BCUT2D eigenvalue weighted by atomic mass is 9.94. The van der Waals surface area contributed by atoms with E-state index in [9.17, 15) is 14.7 Å². The number of halogens is 2. The molecule has 5 rings (SSSR count). The van der Waals surface area contributed by atoms with Gasteiger partial charge in [0.1, 0.15) is 0 Å². The van der Waals surface area contributed by atoms with E-state index in [4.69, 9.17) is 32.7 Å². The summed E-state index contributed by atoms with van der Waals surface area (Å²) in [6.07, 6.45) is 0. The van der Waals surface area contributed by atoms with Gasteiger partial charge in [-0.2, -0.15) is 0 Å². The molecule has 0 radical (unpaired) electrons. The number of nitrogens with zero attached hydrogens (tertiary/aromatic N) is 1. The van der Waals surface area contributed by atoms with Crippen molar-refractivity contribution in [3.8, 4) is 11.5 Å². The van der Waals surface area contributed by atoms with Gasteiger partial charge in [-0.05, 0) is 42.0 Å². The molecule has 0 saturated carbocycles. The molecule has 2 aliphatic rings. The Balaban J connectivity index is 1.52. The zero-order valence-electron chi connectivity index (χ0n) is 17.0. The van der Waals surface area contributed by atoms with Gasteiger partial charge in [0.05, 0.1) is 21.4 Å². The molecule has 8 nitrogen and oxygen atoms in total. The first kappa shape index (κ1) is 21.4. The monoisotopic (exact) mass is 485 g/mol. The summed E-state index contributed by atoms with van der Waals surface area (Å²) >= 11 is 12.2. The predicted octanol–water partition coefficient (Wildman–Crippen LogP) is 4.24. The molecule has 1 atom stereocenters. The van der Waals surface area contributed by atoms with Crippen molar-refractivity contribution in [3.63, 3.8) is 0 Å². The minimum atomic E-state index is -2.35. The lowest BCUT2D eigenvalue weighted by Crippen LogP contribution is -2.62. The first-order valence-corrected chi connectivity index (χ1v) is 10.7. The summed E-state index contributed by atoms with van der Waals surface area (Å²) in [5.74, 6) is 0.390. The van der Waals surface area contributed by atoms with Crippen LogP contribution in [-0.4, -0.2) is 23.8 Å². The molecular formula is C23H17Cl2N3O5. The summed E-state index contributed by atoms with van der Waals surface area (Å²) in [6, 6.07) is 15.5. The fraction of sp³-hybridized carbons (Fsp3) is 0.130. The first-order valence-electron chi connectivity index (χ1n) is 9.93. The van der Waals surface area contributed by atoms with E-state index in [2.05, 4.69) is 10.6 Å². The Bertz CT molecular complexity index is 1280. The SMILES string of the molecule is O=C1Nc2ccccc2[C@](O)(C(=O)NCc2ccc3c(c2)OCO3)N1c1ccc(Cl)c(Cl)c1. The average Bonchev–Trinajstić information content (AvgIpc) is 3.27. The molecule has 3 aromatic carbocycles. The molecule has 3 N–H and O–H groups in total. The highest BCUT2D eigenvalue weighted by Crippen LogP contribution is 2.41. The summed E-state index contributed by atoms with van der Waals surface area (Å²) in [5.41, 5.74) is -0.909. The van der Waals surface area contributed by atoms with E-state index in [0.717, 1.165) is 10.5 Å². The number of carbonyl (C=O) groups is 2. The summed E-state index contributed by atoms with van der Waals surface area (Å²) in [6.45, 7) is 0.214. The van der Waals surface area contributed by atoms with E-state index in [1.807, 2.05) is 0 Å². The number of rotatable bonds is 4. The lowest BCUT2D eigenvalue weighted by Gasteiger charge is -2.42. The second-order valence-electron chi connectivity index (χ2n) is 7.45. The predicted molar refractivity (Wildman–Crippen MR) is 123 cm³/mol. The van der Waals surface area contributed by atoms with Crippen LogP contribution in [0.25, 0.3) is 0 Å². The lowest BCUT2D eigenvalue weighted by molar-refractivity contribution is -0.140. The highest BCUT2D eigenvalue weighted by Gasteiger charge is 2.52. The van der Waals surface area contributed by atoms with E-state index < -0.39 is 17.7 Å². The Morgan fingerprint density at radius 1 is 1.06 bits per heavy atom. The van der Waals surface area contributed by atoms with Crippen LogP contribution in [0.1, 0.15) is 11.1 Å². The van der Waals surface area contributed by atoms with Gasteiger partial charge in [-0.25, -0.2) is 4.79 Å². The maximum Gasteiger partial charge on any atom is 0.329 e. The number of nitrogens with one attached hydrogen (secondary N) is 2. The third-order valence-electron chi connectivity index (χ3n) is 5.44. The standard InChI is InChI=1S/C23H17Cl2N3O5/c24-16-7-6-14(10-17(16)25)28-22(30)27-18-4-2-1-3-15(18)23(28,31)21(29)26-11-13-5-8-19-20(9-13)33-12-32-19/h1-10,31H,11-12H2,(H,26,29)(H,27,30)/t23-/m0/s1. The summed E-state index contributed by atoms with van der Waals surface area (Å²) in [4.78, 5) is 27.5. The van der Waals surface area contributed by atoms with E-state index >= 15 is 0 Å². The Labute approximate surface area is 198 Å². The molecule has 10 heteroatoms. The zero-order chi connectivity index (χ0) is 23.2. The first-order chi connectivity index (χ1) is 15.9. The van der Waals surface area contributed by atoms with Crippen LogP contribution in [0.5, 0.6) is 11.5 Å². The van der Waals surface area contributed by atoms with E-state index in [-0.39, 0.29) is 34.6 Å². The fourth-order valence-corrected chi connectivity index (χ4v) is 4.14. The second-order valence-corrected chi connectivity index (χ2v) is 8.27. The number of hydrogen-bond acceptors (Lipinski definition) is 5. The topological polar surface area (TPSA) is 100 Å². The number of amides is 3. The summed E-state index contributed by atoms with van der Waals surface area (Å²) in [7, 11) is 0. The van der Waals surface area contributed by atoms with Gasteiger partial charge in [0, 0.05) is 12.1 Å². The molecule has 0 aromatic heterocycles. The van der Waals surface area contributed by atoms with Gasteiger partial charge in [0.25, 0.3) is 11.6 Å². The molecule has 3 aromatic rings. The van der Waals surface area contributed by atoms with Crippen molar-refractivity contribution in [2.24, 2.45) is 0 Å². The minimum Gasteiger partial charge on any atom is -0.454 e. The van der Waals surface area contributed by atoms with Crippen LogP contribution >= 0.6 is 23.2 Å². The molecule has 0 aliphatic carbocycles. The number of aliphatic hydroxyl groups is 1. The molecule has 3 amide bonds. The van der Waals surface area contributed by atoms with Gasteiger partial charge in [0.2, 0.25) is 6.79 Å². The highest BCUT2D eigenvalue weighted by molar-refractivity contribution is 6.42. The van der Waals surface area contributed by atoms with Crippen molar-refractivity contribution in [1.29, 1.82) is 0 Å². The Morgan fingerprint density at radius 3 is 2.67 bits per heavy atom. The third-order valence-corrected chi connectivity index (χ3v) is 6.18. The van der Waals surface area contributed by atoms with Gasteiger partial charge in [0.15, 0.2) is 11.5 Å². The second kappa shape index (κ2) is 8.15. The number of ether oxygens (including phenoxy) is 2. The normalized spacial score (nSPS) is 18.5. The summed E-state index contributed by atoms with van der Waals surface area (Å²) in [5, 5.41) is 17.7. The van der Waals surface area contributed by atoms with Gasteiger partial charge in [-0.3, -0.25) is 9.69 Å². The average molecular weight is 486 g/mol. The summed E-state index contributed by atoms with van der Waals surface area (Å²) < 4.78 is 10.7. The number of hydrogen-bond donors (Lipinski definition) is 3. The van der Waals surface area contributed by atoms with Crippen molar-refractivity contribution in [3.05, 3.63) is 81.8 Å². The number of urea groups is 1. The number of para-hydroxylation sites is 1. The quantitative estimate of drug-likeness (QED) is 0.513. The van der Waals surface area contributed by atoms with E-state index in [0.29, 0.717) is 17.2 Å². The third kappa shape index (κ3) is 3.62. The molecule has 2 heterocycles. The molecule has 0 fully saturated rings. The molecule has 0 spiro atoms. The van der Waals surface area contributed by atoms with Crippen LogP contribution in [0, 0.1) is 0 Å². The smallest absolute Gasteiger partial charge is 0.329 e. The molecular weight excluding hydrogens is 469 g/mol. The van der Waals surface area contributed by atoms with Crippen LogP contribution in [0.15, 0.2) is 60.7 Å². The molecule has 168 valence electrons. The number of benzene rings is 3. The van der Waals surface area contributed by atoms with Gasteiger partial charge in [-0.1, -0.05) is 47.5 Å². The Kier molecular flexibility index (Phi) is 5.28. The number of anilines is 2. The van der Waals surface area contributed by atoms with E-state index in [1.165, 1.54) is 18.2 Å². The van der Waals surface area contributed by atoms with Gasteiger partial charge >= 0.3 is 6.03 Å². The van der Waals surface area contributed by atoms with Crippen molar-refractivity contribution < 1.29 is 24.2 Å². The molecule has 33 heavy (non-hydrogen) atoms. The Morgan fingerprint density at radius 2 is 1.85 bits per heavy atom. The number of carbonyl (C=O) groups excluding carboxylic acids is 2. The molecule has 0 bridgehead atoms. The molecule has 0 unspecified atom stereocenters. The van der Waals surface area contributed by atoms with Crippen molar-refractivity contribution in [1.82, 2.24) is 5.32 Å². The maximum atomic E-state index is 13.5. The van der Waals surface area contributed by atoms with E-state index in [1.54, 1.807) is 42.5 Å². The zero-order valence-corrected chi connectivity index (χ0v) is 18.5. The van der Waals surface area contributed by atoms with Crippen LogP contribution in [0.2, 0.25) is 10.0 Å². The largest absolute Gasteiger partial charge is 0.454 e. The van der Waals surface area contributed by atoms with Gasteiger partial charge in [-0.15, -0.1) is 0 Å². The fourth-order valence-electron chi connectivity index (χ4n) is 3.84. The molecule has 2 aliphatic heterocycles. The van der Waals surface area contributed by atoms with Crippen LogP contribution in [0.4, 0.5) is 16.2 Å².